The number of methoxy groups -OCH3 is 3. The average molecular weight is 511 g/mol. The number of benzene rings is 2. The molecule has 1 heterocycles. The summed E-state index contributed by atoms with van der Waals surface area (Å²) in [5, 5.41) is 0. The Hall–Kier alpha value is -3.62. The van der Waals surface area contributed by atoms with Gasteiger partial charge in [0.1, 0.15) is 35.0 Å². The molecule has 0 saturated heterocycles. The first-order valence-electron chi connectivity index (χ1n) is 12.1. The van der Waals surface area contributed by atoms with E-state index in [0.29, 0.717) is 42.9 Å². The lowest BCUT2D eigenvalue weighted by Crippen LogP contribution is -2.23. The number of allylic oxidation sites excluding steroid dienone is 1. The molecule has 3 rings (SSSR count). The zero-order valence-corrected chi connectivity index (χ0v) is 21.7. The fraction of sp³-hybridized carbons (Fsp3) is 0.379. The van der Waals surface area contributed by atoms with Crippen LogP contribution in [-0.4, -0.2) is 52.1 Å². The summed E-state index contributed by atoms with van der Waals surface area (Å²) in [7, 11) is 4.65. The third kappa shape index (κ3) is 8.20. The second-order valence-corrected chi connectivity index (χ2v) is 8.52. The number of carbonyl (C=O) groups is 2. The Kier molecular flexibility index (Phi) is 10.7. The van der Waals surface area contributed by atoms with Crippen molar-refractivity contribution in [2.75, 3.05) is 28.1 Å². The molecule has 1 aliphatic rings. The number of carbonyl (C=O) groups excluding carboxylic acids is 2. The number of esters is 1. The van der Waals surface area contributed by atoms with Crippen LogP contribution < -0.4 is 14.2 Å². The van der Waals surface area contributed by atoms with Gasteiger partial charge in [0.25, 0.3) is 0 Å². The zero-order chi connectivity index (χ0) is 26.6. The van der Waals surface area contributed by atoms with Crippen molar-refractivity contribution in [1.29, 1.82) is 0 Å². The second-order valence-electron chi connectivity index (χ2n) is 8.52. The van der Waals surface area contributed by atoms with Gasteiger partial charge in [0, 0.05) is 19.6 Å². The van der Waals surface area contributed by atoms with E-state index in [1.807, 2.05) is 30.3 Å². The van der Waals surface area contributed by atoms with Crippen LogP contribution in [0.4, 0.5) is 0 Å². The van der Waals surface area contributed by atoms with Crippen molar-refractivity contribution >= 4 is 17.8 Å². The first-order valence-corrected chi connectivity index (χ1v) is 12.1. The molecule has 0 saturated carbocycles. The number of hydrogen-bond donors (Lipinski definition) is 0. The van der Waals surface area contributed by atoms with Gasteiger partial charge in [0.2, 0.25) is 0 Å². The Bertz CT molecular complexity index is 1100. The molecule has 0 N–H and O–H groups in total. The van der Waals surface area contributed by atoms with E-state index in [-0.39, 0.29) is 18.1 Å². The Morgan fingerprint density at radius 1 is 0.946 bits per heavy atom. The van der Waals surface area contributed by atoms with Crippen molar-refractivity contribution in [1.82, 2.24) is 0 Å². The van der Waals surface area contributed by atoms with Gasteiger partial charge in [-0.15, -0.1) is 0 Å². The van der Waals surface area contributed by atoms with Crippen LogP contribution in [-0.2, 0) is 25.6 Å². The smallest absolute Gasteiger partial charge is 0.342 e. The molecule has 2 atom stereocenters. The van der Waals surface area contributed by atoms with E-state index in [2.05, 4.69) is 0 Å². The number of fused-ring (bicyclic) bond motifs is 1. The van der Waals surface area contributed by atoms with Crippen molar-refractivity contribution in [3.63, 3.8) is 0 Å². The van der Waals surface area contributed by atoms with Gasteiger partial charge in [-0.05, 0) is 55.2 Å². The fourth-order valence-corrected chi connectivity index (χ4v) is 3.77. The zero-order valence-electron chi connectivity index (χ0n) is 21.7. The monoisotopic (exact) mass is 510 g/mol. The van der Waals surface area contributed by atoms with E-state index >= 15 is 0 Å². The van der Waals surface area contributed by atoms with Crippen molar-refractivity contribution in [3.8, 4) is 17.2 Å². The lowest BCUT2D eigenvalue weighted by Gasteiger charge is -2.18. The standard InChI is InChI=1S/C29H34O8/c1-20-8-7-10-25(30)26(35-18-21-12-14-23(33-3)15-13-21)11-6-5-9-22-16-24(34-4)17-27(36-19-32-2)28(22)29(31)37-20/h5,7,9-10,12-17,20,26H,6,8,11,18-19H2,1-4H3/b9-5+,10-7-/t20-,26-/m0/s1. The second kappa shape index (κ2) is 14.2. The Balaban J connectivity index is 1.85. The van der Waals surface area contributed by atoms with E-state index in [1.165, 1.54) is 20.3 Å². The molecule has 0 amide bonds. The predicted molar refractivity (Wildman–Crippen MR) is 139 cm³/mol. The maximum absolute atomic E-state index is 13.1. The molecule has 0 fully saturated rings. The molecule has 8 heteroatoms. The molecule has 0 radical (unpaired) electrons. The van der Waals surface area contributed by atoms with Crippen LogP contribution in [0.25, 0.3) is 6.08 Å². The molecule has 0 bridgehead atoms. The van der Waals surface area contributed by atoms with Crippen molar-refractivity contribution < 1.29 is 38.0 Å². The van der Waals surface area contributed by atoms with E-state index < -0.39 is 18.2 Å². The van der Waals surface area contributed by atoms with E-state index in [4.69, 9.17) is 28.4 Å². The van der Waals surface area contributed by atoms with Crippen LogP contribution in [0, 0.1) is 0 Å². The molecule has 2 aromatic rings. The van der Waals surface area contributed by atoms with Gasteiger partial charge in [-0.1, -0.05) is 30.4 Å². The van der Waals surface area contributed by atoms with Crippen LogP contribution in [0.3, 0.4) is 0 Å². The average Bonchev–Trinajstić information content (AvgIpc) is 2.90. The lowest BCUT2D eigenvalue weighted by molar-refractivity contribution is -0.126. The molecule has 0 aliphatic carbocycles. The van der Waals surface area contributed by atoms with Gasteiger partial charge < -0.3 is 28.4 Å². The summed E-state index contributed by atoms with van der Waals surface area (Å²) in [4.78, 5) is 26.0. The van der Waals surface area contributed by atoms with Crippen LogP contribution in [0.1, 0.15) is 47.7 Å². The summed E-state index contributed by atoms with van der Waals surface area (Å²) in [5.41, 5.74) is 1.81. The van der Waals surface area contributed by atoms with E-state index in [0.717, 1.165) is 11.3 Å². The van der Waals surface area contributed by atoms with Crippen LogP contribution in [0.5, 0.6) is 17.2 Å². The number of cyclic esters (lactones) is 1. The number of rotatable bonds is 8. The maximum atomic E-state index is 13.1. The van der Waals surface area contributed by atoms with Gasteiger partial charge in [-0.2, -0.15) is 0 Å². The highest BCUT2D eigenvalue weighted by Gasteiger charge is 2.23. The molecule has 0 spiro atoms. The van der Waals surface area contributed by atoms with Gasteiger partial charge >= 0.3 is 5.97 Å². The Labute approximate surface area is 217 Å². The van der Waals surface area contributed by atoms with Crippen LogP contribution in [0.15, 0.2) is 54.6 Å². The van der Waals surface area contributed by atoms with Crippen LogP contribution >= 0.6 is 0 Å². The van der Waals surface area contributed by atoms with Gasteiger partial charge in [-0.25, -0.2) is 4.79 Å². The minimum absolute atomic E-state index is 0.0375. The third-order valence-electron chi connectivity index (χ3n) is 5.76. The summed E-state index contributed by atoms with van der Waals surface area (Å²) in [6, 6.07) is 10.9. The molecule has 8 nitrogen and oxygen atoms in total. The van der Waals surface area contributed by atoms with E-state index in [1.54, 1.807) is 38.3 Å². The highest BCUT2D eigenvalue weighted by Crippen LogP contribution is 2.31. The fourth-order valence-electron chi connectivity index (χ4n) is 3.77. The maximum Gasteiger partial charge on any atom is 0.342 e. The minimum atomic E-state index is -0.617. The molecular weight excluding hydrogens is 476 g/mol. The minimum Gasteiger partial charge on any atom is -0.497 e. The number of ketones is 1. The summed E-state index contributed by atoms with van der Waals surface area (Å²) in [5.74, 6) is 0.924. The van der Waals surface area contributed by atoms with Crippen LogP contribution in [0.2, 0.25) is 0 Å². The SMILES string of the molecule is COCOc1cc(OC)cc2c1C(=O)O[C@@H](C)C/C=C\C(=O)[C@@H](OCc1ccc(OC)cc1)CC/C=C/2. The van der Waals surface area contributed by atoms with Gasteiger partial charge in [-0.3, -0.25) is 4.79 Å². The highest BCUT2D eigenvalue weighted by molar-refractivity contribution is 5.97. The highest BCUT2D eigenvalue weighted by atomic mass is 16.7. The summed E-state index contributed by atoms with van der Waals surface area (Å²) in [6.07, 6.45) is 7.22. The van der Waals surface area contributed by atoms with Gasteiger partial charge in [0.05, 0.1) is 20.8 Å². The Morgan fingerprint density at radius 2 is 1.70 bits per heavy atom. The molecule has 198 valence electrons. The molecular formula is C29H34O8. The summed E-state index contributed by atoms with van der Waals surface area (Å²) in [6.45, 7) is 2.03. The first kappa shape index (κ1) is 28.0. The summed E-state index contributed by atoms with van der Waals surface area (Å²) < 4.78 is 33.0. The van der Waals surface area contributed by atoms with Crippen molar-refractivity contribution in [2.45, 2.75) is 45.0 Å². The first-order chi connectivity index (χ1) is 17.9. The quantitative estimate of drug-likeness (QED) is 0.356. The van der Waals surface area contributed by atoms with E-state index in [9.17, 15) is 9.59 Å². The number of ether oxygens (including phenoxy) is 6. The third-order valence-corrected chi connectivity index (χ3v) is 5.76. The van der Waals surface area contributed by atoms with Crippen molar-refractivity contribution in [3.05, 3.63) is 71.3 Å². The molecule has 37 heavy (non-hydrogen) atoms. The molecule has 2 aromatic carbocycles. The normalized spacial score (nSPS) is 20.2. The molecule has 0 unspecified atom stereocenters. The van der Waals surface area contributed by atoms with Gasteiger partial charge in [0.15, 0.2) is 12.6 Å². The predicted octanol–water partition coefficient (Wildman–Crippen LogP) is 5.14. The summed E-state index contributed by atoms with van der Waals surface area (Å²) >= 11 is 0. The number of hydrogen-bond acceptors (Lipinski definition) is 8. The Morgan fingerprint density at radius 3 is 2.41 bits per heavy atom. The molecule has 1 aliphatic heterocycles. The largest absolute Gasteiger partial charge is 0.497 e. The molecule has 0 aromatic heterocycles. The van der Waals surface area contributed by atoms with Crippen molar-refractivity contribution in [2.24, 2.45) is 0 Å². The topological polar surface area (TPSA) is 89.5 Å². The lowest BCUT2D eigenvalue weighted by atomic mass is 10.0.